The Hall–Kier alpha value is -3.36. The number of fused-ring (bicyclic) bond motifs is 3. The number of aliphatic carboxylic acids is 1. The average Bonchev–Trinajstić information content (AvgIpc) is 3.44. The number of hydrogen-bond donors (Lipinski definition) is 2. The SMILES string of the molecule is O=C[C@@H]1Cc2c([nH]c3ccccc23)C(c2c(F)cc(C=CC(=O)O)cc2F)N1C1CCOC1. The van der Waals surface area contributed by atoms with Gasteiger partial charge in [-0.15, -0.1) is 0 Å². The Balaban J connectivity index is 1.72. The summed E-state index contributed by atoms with van der Waals surface area (Å²) >= 11 is 0. The number of nitrogens with one attached hydrogen (secondary N) is 1. The normalized spacial score (nSPS) is 23.3. The molecule has 170 valence electrons. The maximum Gasteiger partial charge on any atom is 0.328 e. The van der Waals surface area contributed by atoms with E-state index in [0.29, 0.717) is 31.7 Å². The number of carbonyl (C=O) groups is 2. The van der Waals surface area contributed by atoms with Crippen molar-refractivity contribution in [1.29, 1.82) is 0 Å². The minimum Gasteiger partial charge on any atom is -0.478 e. The first-order valence-electron chi connectivity index (χ1n) is 10.8. The number of ether oxygens (including phenoxy) is 1. The van der Waals surface area contributed by atoms with Crippen molar-refractivity contribution in [2.24, 2.45) is 0 Å². The highest BCUT2D eigenvalue weighted by Crippen LogP contribution is 2.44. The predicted octanol–water partition coefficient (Wildman–Crippen LogP) is 3.85. The molecule has 1 saturated heterocycles. The van der Waals surface area contributed by atoms with E-state index in [-0.39, 0.29) is 17.2 Å². The van der Waals surface area contributed by atoms with Crippen LogP contribution in [-0.4, -0.2) is 52.5 Å². The second-order valence-corrected chi connectivity index (χ2v) is 8.41. The lowest BCUT2D eigenvalue weighted by atomic mass is 9.86. The molecule has 0 aliphatic carbocycles. The van der Waals surface area contributed by atoms with Gasteiger partial charge in [-0.05, 0) is 48.2 Å². The van der Waals surface area contributed by atoms with Crippen molar-refractivity contribution in [1.82, 2.24) is 9.88 Å². The lowest BCUT2D eigenvalue weighted by Gasteiger charge is -2.43. The van der Waals surface area contributed by atoms with Gasteiger partial charge < -0.3 is 19.6 Å². The standard InChI is InChI=1S/C25H22F2N2O4/c26-19-9-14(5-6-22(31)32)10-20(27)23(19)25-24-18(17-3-1-2-4-21(17)28-24)11-16(12-30)29(25)15-7-8-33-13-15/h1-6,9-10,12,15-16,25,28H,7-8,11,13H2,(H,31,32)/t15?,16-,25?/m0/s1. The zero-order valence-electron chi connectivity index (χ0n) is 17.6. The van der Waals surface area contributed by atoms with Crippen molar-refractivity contribution in [2.75, 3.05) is 13.2 Å². The van der Waals surface area contributed by atoms with E-state index in [4.69, 9.17) is 9.84 Å². The number of benzene rings is 2. The van der Waals surface area contributed by atoms with Crippen LogP contribution in [0.2, 0.25) is 0 Å². The van der Waals surface area contributed by atoms with E-state index in [1.807, 2.05) is 29.2 Å². The van der Waals surface area contributed by atoms with E-state index < -0.39 is 29.7 Å². The van der Waals surface area contributed by atoms with Gasteiger partial charge in [0.2, 0.25) is 0 Å². The third-order valence-corrected chi connectivity index (χ3v) is 6.49. The monoisotopic (exact) mass is 452 g/mol. The average molecular weight is 452 g/mol. The van der Waals surface area contributed by atoms with Gasteiger partial charge in [-0.1, -0.05) is 18.2 Å². The Morgan fingerprint density at radius 2 is 1.97 bits per heavy atom. The summed E-state index contributed by atoms with van der Waals surface area (Å²) in [5, 5.41) is 9.76. The number of carbonyl (C=O) groups excluding carboxylic acids is 1. The quantitative estimate of drug-likeness (QED) is 0.454. The van der Waals surface area contributed by atoms with Gasteiger partial charge in [0.1, 0.15) is 17.9 Å². The molecule has 0 radical (unpaired) electrons. The van der Waals surface area contributed by atoms with Gasteiger partial charge in [-0.3, -0.25) is 4.90 Å². The molecule has 2 N–H and O–H groups in total. The summed E-state index contributed by atoms with van der Waals surface area (Å²) in [6.45, 7) is 0.891. The van der Waals surface area contributed by atoms with Crippen LogP contribution in [0.1, 0.15) is 34.8 Å². The molecule has 2 aromatic carbocycles. The third kappa shape index (κ3) is 3.75. The molecule has 6 nitrogen and oxygen atoms in total. The molecule has 5 rings (SSSR count). The molecule has 0 amide bonds. The molecule has 1 aromatic heterocycles. The van der Waals surface area contributed by atoms with Crippen LogP contribution in [0.3, 0.4) is 0 Å². The molecule has 33 heavy (non-hydrogen) atoms. The second kappa shape index (κ2) is 8.53. The van der Waals surface area contributed by atoms with Gasteiger partial charge in [0, 0.05) is 40.9 Å². The fourth-order valence-corrected chi connectivity index (χ4v) is 5.11. The topological polar surface area (TPSA) is 82.6 Å². The fraction of sp³-hybridized carbons (Fsp3) is 0.280. The van der Waals surface area contributed by atoms with Crippen molar-refractivity contribution in [3.63, 3.8) is 0 Å². The summed E-state index contributed by atoms with van der Waals surface area (Å²) in [6.07, 6.45) is 3.90. The van der Waals surface area contributed by atoms with E-state index in [2.05, 4.69) is 4.98 Å². The number of carboxylic acids is 1. The maximum atomic E-state index is 15.5. The molecule has 3 heterocycles. The second-order valence-electron chi connectivity index (χ2n) is 8.41. The highest BCUT2D eigenvalue weighted by Gasteiger charge is 2.44. The number of rotatable bonds is 5. The summed E-state index contributed by atoms with van der Waals surface area (Å²) in [4.78, 5) is 28.2. The minimum atomic E-state index is -1.21. The summed E-state index contributed by atoms with van der Waals surface area (Å²) in [6, 6.07) is 8.24. The van der Waals surface area contributed by atoms with E-state index >= 15 is 8.78 Å². The molecule has 8 heteroatoms. The fourth-order valence-electron chi connectivity index (χ4n) is 5.11. The summed E-state index contributed by atoms with van der Waals surface area (Å²) in [5.41, 5.74) is 2.30. The zero-order chi connectivity index (χ0) is 23.1. The van der Waals surface area contributed by atoms with Crippen molar-refractivity contribution >= 4 is 29.2 Å². The number of H-pyrrole nitrogens is 1. The smallest absolute Gasteiger partial charge is 0.328 e. The largest absolute Gasteiger partial charge is 0.478 e. The summed E-state index contributed by atoms with van der Waals surface area (Å²) < 4.78 is 36.5. The zero-order valence-corrected chi connectivity index (χ0v) is 17.6. The van der Waals surface area contributed by atoms with E-state index in [1.54, 1.807) is 0 Å². The molecule has 3 aromatic rings. The number of nitrogens with zero attached hydrogens (tertiary/aromatic N) is 1. The molecule has 3 atom stereocenters. The molecule has 0 spiro atoms. The van der Waals surface area contributed by atoms with Gasteiger partial charge in [-0.2, -0.15) is 0 Å². The van der Waals surface area contributed by atoms with Crippen LogP contribution in [0.5, 0.6) is 0 Å². The number of aldehydes is 1. The molecule has 1 fully saturated rings. The van der Waals surface area contributed by atoms with Gasteiger partial charge in [0.05, 0.1) is 18.7 Å². The van der Waals surface area contributed by atoms with Crippen LogP contribution in [0.15, 0.2) is 42.5 Å². The summed E-state index contributed by atoms with van der Waals surface area (Å²) in [5.74, 6) is -2.81. The molecule has 0 saturated carbocycles. The molecule has 0 bridgehead atoms. The van der Waals surface area contributed by atoms with Gasteiger partial charge in [0.25, 0.3) is 0 Å². The van der Waals surface area contributed by atoms with E-state index in [0.717, 1.165) is 47.0 Å². The van der Waals surface area contributed by atoms with E-state index in [1.165, 1.54) is 0 Å². The number of para-hydroxylation sites is 1. The molecule has 2 aliphatic heterocycles. The van der Waals surface area contributed by atoms with Crippen LogP contribution in [-0.2, 0) is 20.7 Å². The number of halogens is 2. The van der Waals surface area contributed by atoms with Crippen molar-refractivity contribution in [2.45, 2.75) is 31.0 Å². The third-order valence-electron chi connectivity index (χ3n) is 6.49. The minimum absolute atomic E-state index is 0.103. The Morgan fingerprint density at radius 3 is 2.64 bits per heavy atom. The number of aromatic amines is 1. The highest BCUT2D eigenvalue weighted by molar-refractivity contribution is 5.86. The van der Waals surface area contributed by atoms with Crippen LogP contribution in [0.4, 0.5) is 8.78 Å². The first kappa shape index (κ1) is 21.5. The van der Waals surface area contributed by atoms with Crippen molar-refractivity contribution in [3.8, 4) is 0 Å². The van der Waals surface area contributed by atoms with Crippen molar-refractivity contribution in [3.05, 3.63) is 76.5 Å². The van der Waals surface area contributed by atoms with Gasteiger partial charge in [-0.25, -0.2) is 13.6 Å². The molecular formula is C25H22F2N2O4. The van der Waals surface area contributed by atoms with Crippen LogP contribution in [0.25, 0.3) is 17.0 Å². The molecule has 2 unspecified atom stereocenters. The Labute approximate surface area is 188 Å². The Kier molecular flexibility index (Phi) is 5.55. The van der Waals surface area contributed by atoms with Crippen molar-refractivity contribution < 1.29 is 28.2 Å². The Bertz CT molecular complexity index is 1240. The first-order valence-corrected chi connectivity index (χ1v) is 10.8. The predicted molar refractivity (Wildman–Crippen MR) is 118 cm³/mol. The number of carboxylic acid groups (broad SMARTS) is 1. The number of hydrogen-bond acceptors (Lipinski definition) is 4. The lowest BCUT2D eigenvalue weighted by molar-refractivity contribution is -0.131. The van der Waals surface area contributed by atoms with E-state index in [9.17, 15) is 9.59 Å². The first-order chi connectivity index (χ1) is 16.0. The molecular weight excluding hydrogens is 430 g/mol. The highest BCUT2D eigenvalue weighted by atomic mass is 19.1. The summed E-state index contributed by atoms with van der Waals surface area (Å²) in [7, 11) is 0. The Morgan fingerprint density at radius 1 is 1.21 bits per heavy atom. The van der Waals surface area contributed by atoms with Crippen LogP contribution < -0.4 is 0 Å². The van der Waals surface area contributed by atoms with Gasteiger partial charge in [0.15, 0.2) is 0 Å². The van der Waals surface area contributed by atoms with Gasteiger partial charge >= 0.3 is 5.97 Å². The maximum absolute atomic E-state index is 15.5. The number of aromatic nitrogens is 1. The molecule has 2 aliphatic rings. The van der Waals surface area contributed by atoms with Crippen LogP contribution >= 0.6 is 0 Å². The van der Waals surface area contributed by atoms with Crippen LogP contribution in [0, 0.1) is 11.6 Å². The lowest BCUT2D eigenvalue weighted by Crippen LogP contribution is -2.51.